The zero-order valence-electron chi connectivity index (χ0n) is 21.2. The fraction of sp³-hybridized carbons (Fsp3) is 0.185. The van der Waals surface area contributed by atoms with Crippen LogP contribution >= 0.6 is 11.6 Å². The Bertz CT molecular complexity index is 1410. The van der Waals surface area contributed by atoms with Gasteiger partial charge >= 0.3 is 0 Å². The van der Waals surface area contributed by atoms with Crippen LogP contribution in [0.2, 0.25) is 5.02 Å². The Balaban J connectivity index is 1.63. The number of amides is 3. The monoisotopic (exact) mass is 550 g/mol. The van der Waals surface area contributed by atoms with E-state index in [-0.39, 0.29) is 47.2 Å². The van der Waals surface area contributed by atoms with Crippen molar-refractivity contribution in [3.63, 3.8) is 0 Å². The maximum absolute atomic E-state index is 13.4. The predicted octanol–water partition coefficient (Wildman–Crippen LogP) is 2.48. The Kier molecular flexibility index (Phi) is 8.52. The maximum atomic E-state index is 13.4. The second-order valence-corrected chi connectivity index (χ2v) is 9.08. The number of amidine groups is 1. The van der Waals surface area contributed by atoms with Gasteiger partial charge < -0.3 is 25.4 Å². The quantitative estimate of drug-likeness (QED) is 0.357. The van der Waals surface area contributed by atoms with Crippen LogP contribution in [0.4, 0.5) is 5.69 Å². The van der Waals surface area contributed by atoms with E-state index >= 15 is 0 Å². The molecule has 5 N–H and O–H groups in total. The van der Waals surface area contributed by atoms with Crippen molar-refractivity contribution in [2.24, 2.45) is 10.7 Å². The number of halogens is 1. The molecule has 2 heterocycles. The van der Waals surface area contributed by atoms with E-state index in [4.69, 9.17) is 26.8 Å². The van der Waals surface area contributed by atoms with Gasteiger partial charge in [0.2, 0.25) is 0 Å². The van der Waals surface area contributed by atoms with Crippen LogP contribution in [0.1, 0.15) is 27.5 Å². The number of nitrogens with zero attached hydrogens (tertiary/aromatic N) is 2. The van der Waals surface area contributed by atoms with Crippen molar-refractivity contribution in [1.29, 1.82) is 0 Å². The molecular formula is C27H27ClN6O5. The number of hydrogen-bond donors (Lipinski definition) is 4. The van der Waals surface area contributed by atoms with Crippen LogP contribution < -0.4 is 31.4 Å². The SMILES string of the molecule is CN(C)C(=O)COc1ccc2cc1OCN=C(N)c1ccc(cc1)NC2C(=O)NNC(=O)c1ccccc1Cl. The number of nitrogens with two attached hydrogens (primary N) is 1. The van der Waals surface area contributed by atoms with Gasteiger partial charge in [-0.25, -0.2) is 4.99 Å². The van der Waals surface area contributed by atoms with Crippen LogP contribution in [0.25, 0.3) is 0 Å². The van der Waals surface area contributed by atoms with E-state index in [0.29, 0.717) is 16.8 Å². The molecule has 39 heavy (non-hydrogen) atoms. The standard InChI is InChI=1S/C27H27ClN6O5/c1-34(2)23(35)14-38-21-12-9-17-13-22(21)39-15-30-25(29)16-7-10-18(11-8-16)31-24(17)27(37)33-32-26(36)19-5-3-4-6-20(19)28/h3-13,24,31H,14-15H2,1-2H3,(H2,29,30)(H,32,36)(H,33,37). The van der Waals surface area contributed by atoms with Gasteiger partial charge in [0.25, 0.3) is 17.7 Å². The van der Waals surface area contributed by atoms with E-state index in [1.54, 1.807) is 80.8 Å². The number of carbonyl (C=O) groups excluding carboxylic acids is 3. The third kappa shape index (κ3) is 6.76. The Labute approximate surface area is 229 Å². The fourth-order valence-electron chi connectivity index (χ4n) is 3.57. The second kappa shape index (κ2) is 12.2. The summed E-state index contributed by atoms with van der Waals surface area (Å²) in [6.45, 7) is -0.346. The van der Waals surface area contributed by atoms with Crippen LogP contribution in [-0.4, -0.2) is 55.9 Å². The summed E-state index contributed by atoms with van der Waals surface area (Å²) in [6.07, 6.45) is 0. The van der Waals surface area contributed by atoms with E-state index < -0.39 is 17.9 Å². The molecule has 5 rings (SSSR count). The van der Waals surface area contributed by atoms with Gasteiger partial charge in [0.05, 0.1) is 10.6 Å². The molecule has 0 radical (unpaired) electrons. The zero-order valence-corrected chi connectivity index (χ0v) is 22.0. The van der Waals surface area contributed by atoms with E-state index in [1.165, 1.54) is 4.90 Å². The van der Waals surface area contributed by atoms with E-state index in [1.807, 2.05) is 0 Å². The van der Waals surface area contributed by atoms with Gasteiger partial charge in [0.1, 0.15) is 11.9 Å². The van der Waals surface area contributed by atoms with Gasteiger partial charge in [-0.2, -0.15) is 0 Å². The molecule has 11 nitrogen and oxygen atoms in total. The molecular weight excluding hydrogens is 524 g/mol. The van der Waals surface area contributed by atoms with Gasteiger partial charge in [-0.05, 0) is 54.1 Å². The third-order valence-corrected chi connectivity index (χ3v) is 6.11. The number of fused-ring (bicyclic) bond motifs is 5. The van der Waals surface area contributed by atoms with Crippen LogP contribution in [0.15, 0.2) is 71.7 Å². The Morgan fingerprint density at radius 3 is 2.56 bits per heavy atom. The number of ether oxygens (including phenoxy) is 2. The van der Waals surface area contributed by atoms with Crippen molar-refractivity contribution in [3.8, 4) is 11.5 Å². The molecule has 0 aromatic heterocycles. The third-order valence-electron chi connectivity index (χ3n) is 5.78. The summed E-state index contributed by atoms with van der Waals surface area (Å²) >= 11 is 6.10. The topological polar surface area (TPSA) is 147 Å². The number of hydrazine groups is 1. The van der Waals surface area contributed by atoms with Crippen molar-refractivity contribution in [2.75, 3.05) is 32.7 Å². The molecule has 12 heteroatoms. The normalized spacial score (nSPS) is 14.2. The zero-order chi connectivity index (χ0) is 27.9. The average Bonchev–Trinajstić information content (AvgIpc) is 2.94. The number of nitrogens with one attached hydrogen (secondary N) is 3. The van der Waals surface area contributed by atoms with Crippen LogP contribution in [0, 0.1) is 0 Å². The van der Waals surface area contributed by atoms with Crippen molar-refractivity contribution in [1.82, 2.24) is 15.8 Å². The number of rotatable bonds is 5. The molecule has 2 aliphatic heterocycles. The highest BCUT2D eigenvalue weighted by molar-refractivity contribution is 6.33. The Morgan fingerprint density at radius 1 is 1.10 bits per heavy atom. The molecule has 0 saturated heterocycles. The van der Waals surface area contributed by atoms with Gasteiger partial charge in [0.15, 0.2) is 24.8 Å². The first-order valence-corrected chi connectivity index (χ1v) is 12.2. The first-order valence-electron chi connectivity index (χ1n) is 11.8. The van der Waals surface area contributed by atoms with Gasteiger partial charge in [-0.3, -0.25) is 25.2 Å². The minimum atomic E-state index is -0.971. The first-order chi connectivity index (χ1) is 18.7. The van der Waals surface area contributed by atoms with Crippen molar-refractivity contribution >= 4 is 40.8 Å². The maximum Gasteiger partial charge on any atom is 0.271 e. The average molecular weight is 551 g/mol. The molecule has 0 spiro atoms. The lowest BCUT2D eigenvalue weighted by Crippen LogP contribution is -2.45. The lowest BCUT2D eigenvalue weighted by atomic mass is 10.0. The molecule has 0 aliphatic carbocycles. The molecule has 3 aromatic rings. The molecule has 0 saturated carbocycles. The van der Waals surface area contributed by atoms with Crippen molar-refractivity contribution < 1.29 is 23.9 Å². The smallest absolute Gasteiger partial charge is 0.271 e. The largest absolute Gasteiger partial charge is 0.480 e. The van der Waals surface area contributed by atoms with Gasteiger partial charge in [0, 0.05) is 25.3 Å². The summed E-state index contributed by atoms with van der Waals surface area (Å²) in [6, 6.07) is 17.4. The minimum absolute atomic E-state index is 0.132. The highest BCUT2D eigenvalue weighted by Crippen LogP contribution is 2.32. The van der Waals surface area contributed by atoms with Gasteiger partial charge in [-0.15, -0.1) is 0 Å². The lowest BCUT2D eigenvalue weighted by molar-refractivity contribution is -0.130. The molecule has 4 bridgehead atoms. The highest BCUT2D eigenvalue weighted by atomic mass is 35.5. The minimum Gasteiger partial charge on any atom is -0.480 e. The molecule has 3 amide bonds. The summed E-state index contributed by atoms with van der Waals surface area (Å²) in [5, 5.41) is 3.41. The summed E-state index contributed by atoms with van der Waals surface area (Å²) < 4.78 is 11.5. The van der Waals surface area contributed by atoms with Gasteiger partial charge in [-0.1, -0.05) is 29.8 Å². The number of aliphatic imine (C=N–C) groups is 1. The van der Waals surface area contributed by atoms with E-state index in [9.17, 15) is 14.4 Å². The van der Waals surface area contributed by atoms with E-state index in [0.717, 1.165) is 0 Å². The number of hydrogen-bond acceptors (Lipinski definition) is 8. The predicted molar refractivity (Wildman–Crippen MR) is 147 cm³/mol. The fourth-order valence-corrected chi connectivity index (χ4v) is 3.80. The summed E-state index contributed by atoms with van der Waals surface area (Å²) in [5.41, 5.74) is 12.9. The number of benzene rings is 3. The van der Waals surface area contributed by atoms with E-state index in [2.05, 4.69) is 21.2 Å². The first kappa shape index (κ1) is 27.3. The van der Waals surface area contributed by atoms with Crippen LogP contribution in [-0.2, 0) is 9.59 Å². The number of likely N-dealkylation sites (N-methyl/N-ethyl adjacent to an activating group) is 1. The Morgan fingerprint density at radius 2 is 1.85 bits per heavy atom. The van der Waals surface area contributed by atoms with Crippen molar-refractivity contribution in [3.05, 3.63) is 88.4 Å². The number of anilines is 1. The summed E-state index contributed by atoms with van der Waals surface area (Å²) in [4.78, 5) is 43.7. The van der Waals surface area contributed by atoms with Crippen LogP contribution in [0.3, 0.4) is 0 Å². The lowest BCUT2D eigenvalue weighted by Gasteiger charge is -2.22. The molecule has 3 aromatic carbocycles. The molecule has 0 fully saturated rings. The number of carbonyl (C=O) groups is 3. The molecule has 2 aliphatic rings. The van der Waals surface area contributed by atoms with Crippen LogP contribution in [0.5, 0.6) is 11.5 Å². The molecule has 202 valence electrons. The highest BCUT2D eigenvalue weighted by Gasteiger charge is 2.24. The molecule has 1 atom stereocenters. The Hall–Kier alpha value is -4.77. The summed E-state index contributed by atoms with van der Waals surface area (Å²) in [7, 11) is 3.24. The van der Waals surface area contributed by atoms with Crippen molar-refractivity contribution in [2.45, 2.75) is 6.04 Å². The summed E-state index contributed by atoms with van der Waals surface area (Å²) in [5.74, 6) is -0.589. The second-order valence-electron chi connectivity index (χ2n) is 8.68. The molecule has 1 unspecified atom stereocenters.